The molecule has 2 saturated heterocycles. The number of thioether (sulfide) groups is 1. The van der Waals surface area contributed by atoms with Crippen molar-refractivity contribution in [1.29, 1.82) is 0 Å². The Balaban J connectivity index is 2.03. The van der Waals surface area contributed by atoms with Crippen molar-refractivity contribution in [3.05, 3.63) is 0 Å². The van der Waals surface area contributed by atoms with Crippen molar-refractivity contribution in [2.75, 3.05) is 18.8 Å². The zero-order valence-corrected chi connectivity index (χ0v) is 7.88. The summed E-state index contributed by atoms with van der Waals surface area (Å²) in [6.07, 6.45) is -0.190. The van der Waals surface area contributed by atoms with E-state index in [1.54, 1.807) is 18.7 Å². The first kappa shape index (κ1) is 8.38. The van der Waals surface area contributed by atoms with Crippen LogP contribution in [0.4, 0.5) is 0 Å². The summed E-state index contributed by atoms with van der Waals surface area (Å²) in [6.45, 7) is 3.19. The summed E-state index contributed by atoms with van der Waals surface area (Å²) in [5, 5.41) is 10.0. The molecule has 0 saturated carbocycles. The molecular weight excluding hydrogens is 174 g/mol. The zero-order chi connectivity index (χ0) is 8.72. The Morgan fingerprint density at radius 1 is 1.58 bits per heavy atom. The van der Waals surface area contributed by atoms with Crippen LogP contribution in [-0.4, -0.2) is 46.1 Å². The van der Waals surface area contributed by atoms with Crippen molar-refractivity contribution in [2.45, 2.75) is 18.3 Å². The molecule has 3 unspecified atom stereocenters. The molecule has 1 N–H and O–H groups in total. The number of carbonyl (C=O) groups excluding carboxylic acids is 1. The molecule has 0 aromatic rings. The lowest BCUT2D eigenvalue weighted by Crippen LogP contribution is -2.29. The van der Waals surface area contributed by atoms with Gasteiger partial charge in [0.1, 0.15) is 0 Å². The number of nitrogens with zero attached hydrogens (tertiary/aromatic N) is 1. The lowest BCUT2D eigenvalue weighted by Gasteiger charge is -2.15. The summed E-state index contributed by atoms with van der Waals surface area (Å²) in [7, 11) is 0. The average Bonchev–Trinajstić information content (AvgIpc) is 2.53. The minimum atomic E-state index is -0.190. The topological polar surface area (TPSA) is 40.5 Å². The third kappa shape index (κ3) is 1.23. The van der Waals surface area contributed by atoms with Gasteiger partial charge in [0.2, 0.25) is 5.91 Å². The molecule has 2 fully saturated rings. The molecule has 3 atom stereocenters. The molecule has 0 aromatic carbocycles. The number of carbonyl (C=O) groups is 1. The number of rotatable bonds is 0. The molecule has 4 heteroatoms. The molecular formula is C8H13NO2S. The highest BCUT2D eigenvalue weighted by Crippen LogP contribution is 2.37. The van der Waals surface area contributed by atoms with E-state index in [1.165, 1.54) is 0 Å². The maximum atomic E-state index is 11.0. The second-order valence-corrected chi connectivity index (χ2v) is 4.80. The predicted octanol–water partition coefficient (Wildman–Crippen LogP) is -0.0590. The summed E-state index contributed by atoms with van der Waals surface area (Å²) in [5.74, 6) is 1.32. The second-order valence-electron chi connectivity index (χ2n) is 3.53. The van der Waals surface area contributed by atoms with Gasteiger partial charge in [-0.25, -0.2) is 0 Å². The highest BCUT2D eigenvalue weighted by atomic mass is 32.2. The monoisotopic (exact) mass is 187 g/mol. The molecule has 2 aliphatic rings. The van der Waals surface area contributed by atoms with Crippen molar-refractivity contribution in [3.8, 4) is 0 Å². The minimum Gasteiger partial charge on any atom is -0.392 e. The lowest BCUT2D eigenvalue weighted by molar-refractivity contribution is -0.128. The lowest BCUT2D eigenvalue weighted by atomic mass is 10.0. The Labute approximate surface area is 76.1 Å². The number of aliphatic hydroxyl groups is 1. The molecule has 2 heterocycles. The maximum Gasteiger partial charge on any atom is 0.219 e. The second kappa shape index (κ2) is 2.92. The number of hydrogen-bond acceptors (Lipinski definition) is 3. The Bertz CT molecular complexity index is 209. The van der Waals surface area contributed by atoms with Crippen molar-refractivity contribution in [3.63, 3.8) is 0 Å². The number of hydrogen-bond donors (Lipinski definition) is 1. The van der Waals surface area contributed by atoms with E-state index in [0.29, 0.717) is 11.2 Å². The van der Waals surface area contributed by atoms with Gasteiger partial charge >= 0.3 is 0 Å². The van der Waals surface area contributed by atoms with Gasteiger partial charge < -0.3 is 10.0 Å². The number of likely N-dealkylation sites (tertiary alicyclic amines) is 1. The van der Waals surface area contributed by atoms with E-state index < -0.39 is 0 Å². The Kier molecular flexibility index (Phi) is 2.04. The Morgan fingerprint density at radius 3 is 2.92 bits per heavy atom. The highest BCUT2D eigenvalue weighted by molar-refractivity contribution is 8.00. The van der Waals surface area contributed by atoms with E-state index in [-0.39, 0.29) is 12.0 Å². The first-order valence-electron chi connectivity index (χ1n) is 4.23. The van der Waals surface area contributed by atoms with Crippen LogP contribution in [0.1, 0.15) is 6.92 Å². The third-order valence-corrected chi connectivity index (χ3v) is 4.19. The number of aliphatic hydroxyl groups excluding tert-OH is 1. The van der Waals surface area contributed by atoms with Crippen LogP contribution in [0.25, 0.3) is 0 Å². The summed E-state index contributed by atoms with van der Waals surface area (Å²) in [4.78, 5) is 12.9. The fourth-order valence-electron chi connectivity index (χ4n) is 1.95. The SMILES string of the molecule is CC(=O)N1CC2SCC(O)C2C1. The van der Waals surface area contributed by atoms with E-state index >= 15 is 0 Å². The predicted molar refractivity (Wildman–Crippen MR) is 48.0 cm³/mol. The molecule has 0 spiro atoms. The van der Waals surface area contributed by atoms with Crippen LogP contribution in [0.15, 0.2) is 0 Å². The molecule has 2 rings (SSSR count). The van der Waals surface area contributed by atoms with Gasteiger partial charge in [0.25, 0.3) is 0 Å². The maximum absolute atomic E-state index is 11.0. The molecule has 68 valence electrons. The van der Waals surface area contributed by atoms with Crippen molar-refractivity contribution in [2.24, 2.45) is 5.92 Å². The molecule has 1 amide bonds. The average molecular weight is 187 g/mol. The van der Waals surface area contributed by atoms with Gasteiger partial charge in [-0.2, -0.15) is 11.8 Å². The summed E-state index contributed by atoms with van der Waals surface area (Å²) >= 11 is 1.80. The quantitative estimate of drug-likeness (QED) is 0.577. The molecule has 0 aromatic heterocycles. The van der Waals surface area contributed by atoms with Crippen LogP contribution in [0.3, 0.4) is 0 Å². The van der Waals surface area contributed by atoms with Crippen LogP contribution in [0.2, 0.25) is 0 Å². The molecule has 0 radical (unpaired) electrons. The van der Waals surface area contributed by atoms with Crippen LogP contribution in [0, 0.1) is 5.92 Å². The number of amides is 1. The van der Waals surface area contributed by atoms with E-state index in [9.17, 15) is 9.90 Å². The van der Waals surface area contributed by atoms with Crippen LogP contribution in [-0.2, 0) is 4.79 Å². The Hall–Kier alpha value is -0.220. The summed E-state index contributed by atoms with van der Waals surface area (Å²) in [6, 6.07) is 0. The van der Waals surface area contributed by atoms with E-state index in [0.717, 1.165) is 18.8 Å². The van der Waals surface area contributed by atoms with E-state index in [4.69, 9.17) is 0 Å². The van der Waals surface area contributed by atoms with Crippen molar-refractivity contribution < 1.29 is 9.90 Å². The fraction of sp³-hybridized carbons (Fsp3) is 0.875. The Morgan fingerprint density at radius 2 is 2.33 bits per heavy atom. The molecule has 2 aliphatic heterocycles. The third-order valence-electron chi connectivity index (χ3n) is 2.73. The molecule has 3 nitrogen and oxygen atoms in total. The van der Waals surface area contributed by atoms with Gasteiger partial charge in [0.05, 0.1) is 6.10 Å². The summed E-state index contributed by atoms with van der Waals surface area (Å²) in [5.41, 5.74) is 0. The zero-order valence-electron chi connectivity index (χ0n) is 7.06. The largest absolute Gasteiger partial charge is 0.392 e. The van der Waals surface area contributed by atoms with Gasteiger partial charge in [-0.15, -0.1) is 0 Å². The van der Waals surface area contributed by atoms with Crippen molar-refractivity contribution >= 4 is 17.7 Å². The molecule has 12 heavy (non-hydrogen) atoms. The van der Waals surface area contributed by atoms with E-state index in [2.05, 4.69) is 0 Å². The van der Waals surface area contributed by atoms with Crippen LogP contribution in [0.5, 0.6) is 0 Å². The smallest absolute Gasteiger partial charge is 0.219 e. The van der Waals surface area contributed by atoms with Gasteiger partial charge in [-0.05, 0) is 0 Å². The van der Waals surface area contributed by atoms with Gasteiger partial charge in [0.15, 0.2) is 0 Å². The first-order valence-corrected chi connectivity index (χ1v) is 5.28. The summed E-state index contributed by atoms with van der Waals surface area (Å²) < 4.78 is 0. The first-order chi connectivity index (χ1) is 5.68. The minimum absolute atomic E-state index is 0.136. The van der Waals surface area contributed by atoms with Gasteiger partial charge in [0, 0.05) is 36.9 Å². The number of fused-ring (bicyclic) bond motifs is 1. The van der Waals surface area contributed by atoms with Crippen LogP contribution >= 0.6 is 11.8 Å². The van der Waals surface area contributed by atoms with Crippen LogP contribution < -0.4 is 0 Å². The van der Waals surface area contributed by atoms with E-state index in [1.807, 2.05) is 4.90 Å². The van der Waals surface area contributed by atoms with Crippen molar-refractivity contribution in [1.82, 2.24) is 4.90 Å². The normalized spacial score (nSPS) is 40.2. The molecule has 0 aliphatic carbocycles. The van der Waals surface area contributed by atoms with Gasteiger partial charge in [-0.3, -0.25) is 4.79 Å². The highest BCUT2D eigenvalue weighted by Gasteiger charge is 2.43. The molecule has 0 bridgehead atoms. The fourth-order valence-corrected chi connectivity index (χ4v) is 3.44. The van der Waals surface area contributed by atoms with Gasteiger partial charge in [-0.1, -0.05) is 0 Å². The standard InChI is InChI=1S/C8H13NO2S/c1-5(10)9-2-6-7(11)4-12-8(6)3-9/h6-8,11H,2-4H2,1H3.